The molecule has 3 N–H and O–H groups in total. The summed E-state index contributed by atoms with van der Waals surface area (Å²) < 4.78 is 5.84. The molecule has 1 atom stereocenters. The van der Waals surface area contributed by atoms with Gasteiger partial charge < -0.3 is 20.7 Å². The lowest BCUT2D eigenvalue weighted by atomic mass is 10.0. The molecule has 3 amide bonds. The van der Waals surface area contributed by atoms with Crippen LogP contribution in [-0.4, -0.2) is 29.9 Å². The lowest BCUT2D eigenvalue weighted by molar-refractivity contribution is -0.130. The van der Waals surface area contributed by atoms with Gasteiger partial charge in [0.25, 0.3) is 0 Å². The van der Waals surface area contributed by atoms with Crippen molar-refractivity contribution in [2.24, 2.45) is 5.73 Å². The number of urea groups is 1. The van der Waals surface area contributed by atoms with E-state index in [1.165, 1.54) is 0 Å². The summed E-state index contributed by atoms with van der Waals surface area (Å²) in [5.74, 6) is 1.38. The van der Waals surface area contributed by atoms with Gasteiger partial charge in [-0.2, -0.15) is 0 Å². The van der Waals surface area contributed by atoms with Crippen LogP contribution in [0.2, 0.25) is 0 Å². The van der Waals surface area contributed by atoms with Crippen LogP contribution in [0.25, 0.3) is 0 Å². The monoisotopic (exact) mass is 353 g/mol. The molecule has 0 unspecified atom stereocenters. The predicted octanol–water partition coefficient (Wildman–Crippen LogP) is 3.20. The minimum atomic E-state index is -0.654. The van der Waals surface area contributed by atoms with Gasteiger partial charge in [-0.15, -0.1) is 0 Å². The van der Waals surface area contributed by atoms with Crippen LogP contribution in [0.3, 0.4) is 0 Å². The second-order valence-corrected chi connectivity index (χ2v) is 6.34. The average molecular weight is 353 g/mol. The fourth-order valence-corrected chi connectivity index (χ4v) is 3.11. The third kappa shape index (κ3) is 4.75. The maximum Gasteiger partial charge on any atom is 0.312 e. The molecule has 26 heavy (non-hydrogen) atoms. The molecule has 0 aliphatic carbocycles. The van der Waals surface area contributed by atoms with Gasteiger partial charge in [-0.25, -0.2) is 4.79 Å². The molecule has 6 nitrogen and oxygen atoms in total. The van der Waals surface area contributed by atoms with Crippen LogP contribution in [0.4, 0.5) is 4.79 Å². The van der Waals surface area contributed by atoms with E-state index in [-0.39, 0.29) is 12.3 Å². The van der Waals surface area contributed by atoms with E-state index in [0.29, 0.717) is 5.75 Å². The van der Waals surface area contributed by atoms with Gasteiger partial charge in [0.1, 0.15) is 11.5 Å². The SMILES string of the molecule is NC(=O)N[C@H](CC(=O)N1CCCC1)c1cccc(Oc2ccccc2)c1. The molecule has 0 radical (unpaired) electrons. The lowest BCUT2D eigenvalue weighted by Gasteiger charge is -2.22. The molecule has 1 saturated heterocycles. The largest absolute Gasteiger partial charge is 0.457 e. The summed E-state index contributed by atoms with van der Waals surface area (Å²) in [6.07, 6.45) is 2.23. The van der Waals surface area contributed by atoms with Gasteiger partial charge in [0.05, 0.1) is 12.5 Å². The fourth-order valence-electron chi connectivity index (χ4n) is 3.11. The van der Waals surface area contributed by atoms with E-state index < -0.39 is 12.1 Å². The topological polar surface area (TPSA) is 84.7 Å². The highest BCUT2D eigenvalue weighted by atomic mass is 16.5. The summed E-state index contributed by atoms with van der Waals surface area (Å²) in [5, 5.41) is 2.68. The van der Waals surface area contributed by atoms with Crippen molar-refractivity contribution in [2.45, 2.75) is 25.3 Å². The van der Waals surface area contributed by atoms with Gasteiger partial charge in [-0.3, -0.25) is 4.79 Å². The van der Waals surface area contributed by atoms with Gasteiger partial charge in [-0.05, 0) is 42.7 Å². The van der Waals surface area contributed by atoms with Crippen molar-refractivity contribution in [3.63, 3.8) is 0 Å². The molecule has 1 aliphatic rings. The maximum atomic E-state index is 12.5. The number of primary amides is 1. The van der Waals surface area contributed by atoms with E-state index in [4.69, 9.17) is 10.5 Å². The second-order valence-electron chi connectivity index (χ2n) is 6.34. The molecule has 0 aromatic heterocycles. The van der Waals surface area contributed by atoms with Gasteiger partial charge >= 0.3 is 6.03 Å². The summed E-state index contributed by atoms with van der Waals surface area (Å²) in [6, 6.07) is 15.6. The number of carbonyl (C=O) groups excluding carboxylic acids is 2. The lowest BCUT2D eigenvalue weighted by Crippen LogP contribution is -2.37. The smallest absolute Gasteiger partial charge is 0.312 e. The Balaban J connectivity index is 1.76. The molecular weight excluding hydrogens is 330 g/mol. The Labute approximate surface area is 152 Å². The quantitative estimate of drug-likeness (QED) is 0.836. The van der Waals surface area contributed by atoms with E-state index in [1.54, 1.807) is 0 Å². The minimum absolute atomic E-state index is 0.0237. The molecule has 2 aromatic carbocycles. The summed E-state index contributed by atoms with van der Waals surface area (Å²) in [7, 11) is 0. The molecular formula is C20H23N3O3. The highest BCUT2D eigenvalue weighted by molar-refractivity contribution is 5.79. The van der Waals surface area contributed by atoms with Crippen molar-refractivity contribution in [3.8, 4) is 11.5 Å². The number of ether oxygens (including phenoxy) is 1. The standard InChI is InChI=1S/C20H23N3O3/c21-20(25)22-18(14-19(24)23-11-4-5-12-23)15-7-6-10-17(13-15)26-16-8-2-1-3-9-16/h1-3,6-10,13,18H,4-5,11-12,14H2,(H3,21,22,25)/t18-/m1/s1. The number of carbonyl (C=O) groups is 2. The molecule has 3 rings (SSSR count). The Morgan fingerprint density at radius 3 is 2.42 bits per heavy atom. The van der Waals surface area contributed by atoms with Crippen LogP contribution < -0.4 is 15.8 Å². The van der Waals surface area contributed by atoms with Gasteiger partial charge in [0.15, 0.2) is 0 Å². The predicted molar refractivity (Wildman–Crippen MR) is 98.8 cm³/mol. The Kier molecular flexibility index (Phi) is 5.73. The zero-order valence-electron chi connectivity index (χ0n) is 14.6. The number of rotatable bonds is 6. The van der Waals surface area contributed by atoms with Crippen LogP contribution in [0.15, 0.2) is 54.6 Å². The first kappa shape index (κ1) is 17.8. The number of nitrogens with two attached hydrogens (primary N) is 1. The summed E-state index contributed by atoms with van der Waals surface area (Å²) in [6.45, 7) is 1.55. The zero-order chi connectivity index (χ0) is 18.4. The molecule has 0 bridgehead atoms. The molecule has 1 aliphatic heterocycles. The zero-order valence-corrected chi connectivity index (χ0v) is 14.6. The van der Waals surface area contributed by atoms with Crippen LogP contribution in [-0.2, 0) is 4.79 Å². The van der Waals surface area contributed by atoms with Crippen LogP contribution in [0, 0.1) is 0 Å². The molecule has 1 heterocycles. The fraction of sp³-hybridized carbons (Fsp3) is 0.300. The highest BCUT2D eigenvalue weighted by Crippen LogP contribution is 2.26. The Morgan fingerprint density at radius 2 is 1.73 bits per heavy atom. The third-order valence-corrected chi connectivity index (χ3v) is 4.39. The third-order valence-electron chi connectivity index (χ3n) is 4.39. The first-order valence-corrected chi connectivity index (χ1v) is 8.78. The number of benzene rings is 2. The minimum Gasteiger partial charge on any atom is -0.457 e. The Morgan fingerprint density at radius 1 is 1.04 bits per heavy atom. The molecule has 6 heteroatoms. The number of nitrogens with one attached hydrogen (secondary N) is 1. The number of hydrogen-bond acceptors (Lipinski definition) is 3. The van der Waals surface area contributed by atoms with Gasteiger partial charge in [0.2, 0.25) is 5.91 Å². The Hall–Kier alpha value is -3.02. The summed E-state index contributed by atoms with van der Waals surface area (Å²) >= 11 is 0. The van der Waals surface area contributed by atoms with Gasteiger partial charge in [0, 0.05) is 13.1 Å². The number of para-hydroxylation sites is 1. The molecule has 2 aromatic rings. The van der Waals surface area contributed by atoms with E-state index in [9.17, 15) is 9.59 Å². The second kappa shape index (κ2) is 8.38. The van der Waals surface area contributed by atoms with Crippen molar-refractivity contribution >= 4 is 11.9 Å². The average Bonchev–Trinajstić information content (AvgIpc) is 3.17. The van der Waals surface area contributed by atoms with Crippen molar-refractivity contribution < 1.29 is 14.3 Å². The molecule has 1 fully saturated rings. The number of nitrogens with zero attached hydrogens (tertiary/aromatic N) is 1. The van der Waals surface area contributed by atoms with E-state index in [0.717, 1.165) is 37.2 Å². The number of hydrogen-bond donors (Lipinski definition) is 2. The summed E-state index contributed by atoms with van der Waals surface area (Å²) in [4.78, 5) is 25.7. The van der Waals surface area contributed by atoms with E-state index >= 15 is 0 Å². The first-order valence-electron chi connectivity index (χ1n) is 8.78. The van der Waals surface area contributed by atoms with Crippen molar-refractivity contribution in [2.75, 3.05) is 13.1 Å². The molecule has 136 valence electrons. The highest BCUT2D eigenvalue weighted by Gasteiger charge is 2.23. The van der Waals surface area contributed by atoms with Crippen LogP contribution in [0.5, 0.6) is 11.5 Å². The van der Waals surface area contributed by atoms with Crippen molar-refractivity contribution in [1.29, 1.82) is 0 Å². The van der Waals surface area contributed by atoms with E-state index in [2.05, 4.69) is 5.32 Å². The number of amides is 3. The Bertz CT molecular complexity index is 758. The maximum absolute atomic E-state index is 12.5. The van der Waals surface area contributed by atoms with E-state index in [1.807, 2.05) is 59.5 Å². The van der Waals surface area contributed by atoms with Gasteiger partial charge in [-0.1, -0.05) is 30.3 Å². The van der Waals surface area contributed by atoms with Crippen molar-refractivity contribution in [3.05, 3.63) is 60.2 Å². The number of likely N-dealkylation sites (tertiary alicyclic amines) is 1. The normalized spacial score (nSPS) is 14.7. The summed E-state index contributed by atoms with van der Waals surface area (Å²) in [5.41, 5.74) is 6.10. The molecule has 0 spiro atoms. The van der Waals surface area contributed by atoms with Crippen molar-refractivity contribution in [1.82, 2.24) is 10.2 Å². The first-order chi connectivity index (χ1) is 12.6. The molecule has 0 saturated carbocycles. The van der Waals surface area contributed by atoms with Crippen LogP contribution in [0.1, 0.15) is 30.9 Å². The van der Waals surface area contributed by atoms with Crippen LogP contribution >= 0.6 is 0 Å².